The molecule has 2 aromatic carbocycles. The van der Waals surface area contributed by atoms with Gasteiger partial charge in [0.1, 0.15) is 12.1 Å². The lowest BCUT2D eigenvalue weighted by molar-refractivity contribution is -0.134. The number of aromatic nitrogens is 2. The molecule has 1 fully saturated rings. The molecule has 1 aromatic heterocycles. The second-order valence-electron chi connectivity index (χ2n) is 6.96. The van der Waals surface area contributed by atoms with E-state index in [0.717, 1.165) is 10.5 Å². The highest BCUT2D eigenvalue weighted by molar-refractivity contribution is 6.09. The van der Waals surface area contributed by atoms with Crippen LogP contribution < -0.4 is 10.6 Å². The fourth-order valence-corrected chi connectivity index (χ4v) is 3.20. The van der Waals surface area contributed by atoms with Gasteiger partial charge < -0.3 is 15.1 Å². The molecule has 9 heteroatoms. The normalized spacial score (nSPS) is 18.4. The number of benzene rings is 2. The number of carbonyl (C=O) groups is 3. The first-order valence-electron chi connectivity index (χ1n) is 9.31. The summed E-state index contributed by atoms with van der Waals surface area (Å²) in [6.45, 7) is 1.19. The molecule has 1 aliphatic heterocycles. The molecule has 1 unspecified atom stereocenters. The van der Waals surface area contributed by atoms with Gasteiger partial charge in [0.05, 0.1) is 6.54 Å². The van der Waals surface area contributed by atoms with Crippen LogP contribution in [0.1, 0.15) is 18.4 Å². The molecule has 0 saturated carbocycles. The van der Waals surface area contributed by atoms with E-state index in [1.54, 1.807) is 31.2 Å². The van der Waals surface area contributed by atoms with Crippen LogP contribution in [0.15, 0.2) is 65.1 Å². The molecule has 30 heavy (non-hydrogen) atoms. The number of rotatable bonds is 6. The monoisotopic (exact) mass is 405 g/mol. The van der Waals surface area contributed by atoms with Gasteiger partial charge in [-0.1, -0.05) is 48.5 Å². The van der Waals surface area contributed by atoms with Crippen LogP contribution in [-0.2, 0) is 21.7 Å². The lowest BCUT2D eigenvalue weighted by atomic mass is 9.92. The van der Waals surface area contributed by atoms with E-state index in [4.69, 9.17) is 4.42 Å². The van der Waals surface area contributed by atoms with Crippen molar-refractivity contribution < 1.29 is 18.8 Å². The lowest BCUT2D eigenvalue weighted by Crippen LogP contribution is -2.43. The van der Waals surface area contributed by atoms with Crippen LogP contribution in [0.5, 0.6) is 0 Å². The Balaban J connectivity index is 1.37. The third kappa shape index (κ3) is 3.64. The molecule has 1 aliphatic rings. The Morgan fingerprint density at radius 2 is 1.73 bits per heavy atom. The van der Waals surface area contributed by atoms with Crippen molar-refractivity contribution >= 4 is 17.8 Å². The van der Waals surface area contributed by atoms with Crippen molar-refractivity contribution in [3.05, 3.63) is 72.1 Å². The van der Waals surface area contributed by atoms with Gasteiger partial charge in [-0.15, -0.1) is 10.2 Å². The highest BCUT2D eigenvalue weighted by Crippen LogP contribution is 2.28. The molecule has 1 saturated heterocycles. The molecule has 0 spiro atoms. The number of nitrogens with zero attached hydrogens (tertiary/aromatic N) is 3. The average molecular weight is 405 g/mol. The van der Waals surface area contributed by atoms with Crippen LogP contribution in [0, 0.1) is 0 Å². The van der Waals surface area contributed by atoms with Crippen LogP contribution in [0.3, 0.4) is 0 Å². The van der Waals surface area contributed by atoms with E-state index in [1.165, 1.54) is 0 Å². The number of imide groups is 1. The zero-order chi connectivity index (χ0) is 21.1. The van der Waals surface area contributed by atoms with Crippen molar-refractivity contribution in [2.24, 2.45) is 0 Å². The summed E-state index contributed by atoms with van der Waals surface area (Å²) in [5.41, 5.74) is 0.197. The van der Waals surface area contributed by atoms with Gasteiger partial charge in [0.2, 0.25) is 17.7 Å². The van der Waals surface area contributed by atoms with E-state index in [-0.39, 0.29) is 12.4 Å². The summed E-state index contributed by atoms with van der Waals surface area (Å²) in [7, 11) is 0. The van der Waals surface area contributed by atoms with Crippen LogP contribution >= 0.6 is 0 Å². The molecular weight excluding hydrogens is 386 g/mol. The van der Waals surface area contributed by atoms with Gasteiger partial charge in [-0.3, -0.25) is 14.5 Å². The average Bonchev–Trinajstić information content (AvgIpc) is 3.33. The Labute approximate surface area is 172 Å². The van der Waals surface area contributed by atoms with E-state index in [9.17, 15) is 14.4 Å². The topological polar surface area (TPSA) is 117 Å². The zero-order valence-corrected chi connectivity index (χ0v) is 16.2. The van der Waals surface area contributed by atoms with Crippen molar-refractivity contribution in [2.75, 3.05) is 6.54 Å². The minimum absolute atomic E-state index is 0.0156. The summed E-state index contributed by atoms with van der Waals surface area (Å²) in [6.07, 6.45) is 0. The Bertz CT molecular complexity index is 1080. The summed E-state index contributed by atoms with van der Waals surface area (Å²) in [5, 5.41) is 13.1. The Morgan fingerprint density at radius 3 is 2.43 bits per heavy atom. The van der Waals surface area contributed by atoms with Crippen LogP contribution in [-0.4, -0.2) is 39.5 Å². The Hall–Kier alpha value is -4.01. The van der Waals surface area contributed by atoms with E-state index in [0.29, 0.717) is 11.5 Å². The Kier molecular flexibility index (Phi) is 5.01. The fraction of sp³-hybridized carbons (Fsp3) is 0.190. The van der Waals surface area contributed by atoms with Gasteiger partial charge in [0, 0.05) is 5.56 Å². The van der Waals surface area contributed by atoms with Gasteiger partial charge in [-0.2, -0.15) is 0 Å². The molecular formula is C21H19N5O4. The second-order valence-corrected chi connectivity index (χ2v) is 6.96. The van der Waals surface area contributed by atoms with Crippen molar-refractivity contribution in [1.29, 1.82) is 0 Å². The highest BCUT2D eigenvalue weighted by atomic mass is 16.4. The molecule has 3 aromatic rings. The lowest BCUT2D eigenvalue weighted by Gasteiger charge is -2.22. The molecule has 2 N–H and O–H groups in total. The number of carbonyl (C=O) groups excluding carboxylic acids is 3. The maximum Gasteiger partial charge on any atom is 0.325 e. The highest BCUT2D eigenvalue weighted by Gasteiger charge is 2.49. The summed E-state index contributed by atoms with van der Waals surface area (Å²) in [6, 6.07) is 17.5. The number of hydrogen-bond acceptors (Lipinski definition) is 6. The molecule has 152 valence electrons. The number of hydrogen-bond donors (Lipinski definition) is 2. The van der Waals surface area contributed by atoms with Crippen LogP contribution in [0.2, 0.25) is 0 Å². The third-order valence-electron chi connectivity index (χ3n) is 4.85. The predicted molar refractivity (Wildman–Crippen MR) is 106 cm³/mol. The maximum absolute atomic E-state index is 12.8. The number of nitrogens with one attached hydrogen (secondary N) is 2. The summed E-state index contributed by atoms with van der Waals surface area (Å²) in [5.74, 6) is -0.450. The molecule has 0 aliphatic carbocycles. The largest absolute Gasteiger partial charge is 0.419 e. The third-order valence-corrected chi connectivity index (χ3v) is 4.85. The first kappa shape index (κ1) is 19.3. The predicted octanol–water partition coefficient (Wildman–Crippen LogP) is 1.82. The van der Waals surface area contributed by atoms with Gasteiger partial charge in [-0.05, 0) is 24.6 Å². The summed E-state index contributed by atoms with van der Waals surface area (Å²) >= 11 is 0. The maximum atomic E-state index is 12.8. The number of urea groups is 1. The molecule has 4 rings (SSSR count). The first-order chi connectivity index (χ1) is 14.5. The summed E-state index contributed by atoms with van der Waals surface area (Å²) in [4.78, 5) is 38.4. The first-order valence-corrected chi connectivity index (χ1v) is 9.31. The van der Waals surface area contributed by atoms with Gasteiger partial charge in [0.25, 0.3) is 5.91 Å². The van der Waals surface area contributed by atoms with E-state index in [1.807, 2.05) is 36.4 Å². The molecule has 4 amide bonds. The molecule has 1 atom stereocenters. The molecule has 0 radical (unpaired) electrons. The van der Waals surface area contributed by atoms with Crippen LogP contribution in [0.25, 0.3) is 11.5 Å². The van der Waals surface area contributed by atoms with Crippen molar-refractivity contribution in [3.63, 3.8) is 0 Å². The van der Waals surface area contributed by atoms with E-state index >= 15 is 0 Å². The van der Waals surface area contributed by atoms with Crippen molar-refractivity contribution in [2.45, 2.75) is 19.0 Å². The quantitative estimate of drug-likeness (QED) is 0.604. The molecule has 9 nitrogen and oxygen atoms in total. The van der Waals surface area contributed by atoms with E-state index in [2.05, 4.69) is 20.8 Å². The SMILES string of the molecule is CC1(c2ccccc2)NC(=O)N(CC(=O)NCc2nnc(-c3ccccc3)o2)C1=O. The van der Waals surface area contributed by atoms with E-state index < -0.39 is 29.9 Å². The van der Waals surface area contributed by atoms with Crippen molar-refractivity contribution in [1.82, 2.24) is 25.7 Å². The smallest absolute Gasteiger partial charge is 0.325 e. The van der Waals surface area contributed by atoms with Gasteiger partial charge in [0.15, 0.2) is 0 Å². The zero-order valence-electron chi connectivity index (χ0n) is 16.2. The Morgan fingerprint density at radius 1 is 1.07 bits per heavy atom. The van der Waals surface area contributed by atoms with Crippen LogP contribution in [0.4, 0.5) is 4.79 Å². The molecule has 0 bridgehead atoms. The van der Waals surface area contributed by atoms with Crippen molar-refractivity contribution in [3.8, 4) is 11.5 Å². The minimum Gasteiger partial charge on any atom is -0.419 e. The van der Waals surface area contributed by atoms with Gasteiger partial charge >= 0.3 is 6.03 Å². The fourth-order valence-electron chi connectivity index (χ4n) is 3.20. The molecule has 2 heterocycles. The summed E-state index contributed by atoms with van der Waals surface area (Å²) < 4.78 is 5.53. The standard InChI is InChI=1S/C21H19N5O4/c1-21(15-10-6-3-7-11-15)19(28)26(20(29)23-21)13-16(27)22-12-17-24-25-18(30-17)14-8-4-2-5-9-14/h2-11H,12-13H2,1H3,(H,22,27)(H,23,29). The second kappa shape index (κ2) is 7.78. The minimum atomic E-state index is -1.21. The number of amides is 4. The van der Waals surface area contributed by atoms with Gasteiger partial charge in [-0.25, -0.2) is 4.79 Å².